The molecule has 0 radical (unpaired) electrons. The number of aliphatic hydroxyl groups excluding tert-OH is 1. The Morgan fingerprint density at radius 3 is 2.73 bits per heavy atom. The van der Waals surface area contributed by atoms with Gasteiger partial charge in [-0.2, -0.15) is 0 Å². The third-order valence-electron chi connectivity index (χ3n) is 3.64. The number of carbonyl (C=O) groups is 2. The number of fused-ring (bicyclic) bond motifs is 1. The first kappa shape index (κ1) is 16.5. The number of aliphatic carboxylic acids is 1. The average molecular weight is 307 g/mol. The van der Waals surface area contributed by atoms with E-state index in [2.05, 4.69) is 0 Å². The minimum Gasteiger partial charge on any atom is -0.481 e. The molecule has 1 unspecified atom stereocenters. The second-order valence-electron chi connectivity index (χ2n) is 6.27. The largest absolute Gasteiger partial charge is 0.481 e. The molecule has 1 aliphatic rings. The summed E-state index contributed by atoms with van der Waals surface area (Å²) >= 11 is 0. The van der Waals surface area contributed by atoms with E-state index in [-0.39, 0.29) is 25.5 Å². The van der Waals surface area contributed by atoms with E-state index in [0.29, 0.717) is 12.2 Å². The molecule has 6 heteroatoms. The average Bonchev–Trinajstić information content (AvgIpc) is 2.59. The number of carboxylic acids is 1. The molecular formula is C16H21NO5. The van der Waals surface area contributed by atoms with E-state index in [4.69, 9.17) is 9.84 Å². The fourth-order valence-corrected chi connectivity index (χ4v) is 2.40. The zero-order valence-corrected chi connectivity index (χ0v) is 12.8. The zero-order valence-electron chi connectivity index (χ0n) is 12.8. The van der Waals surface area contributed by atoms with Crippen molar-refractivity contribution >= 4 is 17.6 Å². The molecule has 2 rings (SSSR count). The number of anilines is 1. The fraction of sp³-hybridized carbons (Fsp3) is 0.500. The minimum atomic E-state index is -1.08. The first-order valence-corrected chi connectivity index (χ1v) is 7.17. The minimum absolute atomic E-state index is 0.0800. The van der Waals surface area contributed by atoms with Crippen LogP contribution in [0, 0.1) is 5.41 Å². The van der Waals surface area contributed by atoms with Gasteiger partial charge in [0.15, 0.2) is 0 Å². The molecule has 0 spiro atoms. The van der Waals surface area contributed by atoms with E-state index in [0.717, 1.165) is 5.56 Å². The first-order valence-electron chi connectivity index (χ1n) is 7.17. The van der Waals surface area contributed by atoms with Gasteiger partial charge in [-0.3, -0.25) is 9.59 Å². The summed E-state index contributed by atoms with van der Waals surface area (Å²) in [5.74, 6) is -1.46. The van der Waals surface area contributed by atoms with Gasteiger partial charge in [-0.15, -0.1) is 0 Å². The Balaban J connectivity index is 2.38. The summed E-state index contributed by atoms with van der Waals surface area (Å²) in [5.41, 5.74) is 1.04. The van der Waals surface area contributed by atoms with Gasteiger partial charge in [-0.25, -0.2) is 0 Å². The molecule has 1 atom stereocenters. The maximum Gasteiger partial charge on any atom is 0.306 e. The lowest BCUT2D eigenvalue weighted by molar-refractivity contribution is -0.145. The number of aliphatic hydroxyl groups is 1. The van der Waals surface area contributed by atoms with Gasteiger partial charge in [0.05, 0.1) is 13.0 Å². The van der Waals surface area contributed by atoms with Gasteiger partial charge in [-0.05, 0) is 6.07 Å². The maximum absolute atomic E-state index is 12.7. The summed E-state index contributed by atoms with van der Waals surface area (Å²) in [5, 5.41) is 18.4. The van der Waals surface area contributed by atoms with Gasteiger partial charge >= 0.3 is 5.97 Å². The highest BCUT2D eigenvalue weighted by Crippen LogP contribution is 2.30. The Labute approximate surface area is 129 Å². The number of hydrogen-bond donors (Lipinski definition) is 2. The van der Waals surface area contributed by atoms with Gasteiger partial charge in [-0.1, -0.05) is 32.0 Å². The smallest absolute Gasteiger partial charge is 0.306 e. The van der Waals surface area contributed by atoms with Gasteiger partial charge in [0.2, 0.25) is 0 Å². The first-order chi connectivity index (χ1) is 10.3. The molecule has 0 bridgehead atoms. The van der Waals surface area contributed by atoms with Crippen LogP contribution in [0.3, 0.4) is 0 Å². The van der Waals surface area contributed by atoms with E-state index in [9.17, 15) is 14.7 Å². The molecule has 6 nitrogen and oxygen atoms in total. The van der Waals surface area contributed by atoms with Crippen molar-refractivity contribution in [3.05, 3.63) is 29.8 Å². The van der Waals surface area contributed by atoms with Crippen LogP contribution in [0.2, 0.25) is 0 Å². The lowest BCUT2D eigenvalue weighted by atomic mass is 9.93. The van der Waals surface area contributed by atoms with Crippen LogP contribution in [0.15, 0.2) is 24.3 Å². The Morgan fingerprint density at radius 1 is 1.41 bits per heavy atom. The number of rotatable bonds is 5. The number of hydrogen-bond acceptors (Lipinski definition) is 4. The van der Waals surface area contributed by atoms with Crippen LogP contribution in [-0.4, -0.2) is 41.3 Å². The van der Waals surface area contributed by atoms with Crippen LogP contribution in [0.4, 0.5) is 5.69 Å². The Morgan fingerprint density at radius 2 is 2.09 bits per heavy atom. The standard InChI is InChI=1S/C16H21NO5/c1-16(2,10-18)9-17-12-6-4-3-5-11(12)8-22-13(15(17)21)7-14(19)20/h3-6,13,18H,7-10H2,1-2H3,(H,19,20). The Kier molecular flexibility index (Phi) is 4.83. The molecule has 22 heavy (non-hydrogen) atoms. The topological polar surface area (TPSA) is 87.1 Å². The molecule has 1 aliphatic heterocycles. The van der Waals surface area contributed by atoms with Crippen molar-refractivity contribution in [2.24, 2.45) is 5.41 Å². The molecule has 1 aromatic rings. The molecule has 0 saturated carbocycles. The van der Waals surface area contributed by atoms with Crippen molar-refractivity contribution in [1.29, 1.82) is 0 Å². The number of nitrogens with zero attached hydrogens (tertiary/aromatic N) is 1. The highest BCUT2D eigenvalue weighted by atomic mass is 16.5. The zero-order chi connectivity index (χ0) is 16.3. The lowest BCUT2D eigenvalue weighted by Crippen LogP contribution is -2.45. The summed E-state index contributed by atoms with van der Waals surface area (Å²) in [6.45, 7) is 4.10. The molecule has 2 N–H and O–H groups in total. The van der Waals surface area contributed by atoms with Crippen LogP contribution in [-0.2, 0) is 20.9 Å². The fourth-order valence-electron chi connectivity index (χ4n) is 2.40. The van der Waals surface area contributed by atoms with Gasteiger partial charge < -0.3 is 19.8 Å². The molecule has 1 heterocycles. The number of ether oxygens (including phenoxy) is 1. The van der Waals surface area contributed by atoms with Crippen molar-refractivity contribution in [1.82, 2.24) is 0 Å². The predicted octanol–water partition coefficient (Wildman–Crippen LogP) is 1.41. The summed E-state index contributed by atoms with van der Waals surface area (Å²) in [4.78, 5) is 25.2. The molecular weight excluding hydrogens is 286 g/mol. The highest BCUT2D eigenvalue weighted by molar-refractivity contribution is 5.99. The van der Waals surface area contributed by atoms with Crippen molar-refractivity contribution in [3.63, 3.8) is 0 Å². The van der Waals surface area contributed by atoms with E-state index in [1.54, 1.807) is 0 Å². The molecule has 0 saturated heterocycles. The van der Waals surface area contributed by atoms with Crippen LogP contribution in [0.25, 0.3) is 0 Å². The lowest BCUT2D eigenvalue weighted by Gasteiger charge is -2.32. The van der Waals surface area contributed by atoms with Gasteiger partial charge in [0, 0.05) is 29.8 Å². The van der Waals surface area contributed by atoms with E-state index >= 15 is 0 Å². The summed E-state index contributed by atoms with van der Waals surface area (Å²) in [7, 11) is 0. The van der Waals surface area contributed by atoms with Gasteiger partial charge in [0.1, 0.15) is 6.10 Å². The number of benzene rings is 1. The summed E-state index contributed by atoms with van der Waals surface area (Å²) in [6.07, 6.45) is -1.39. The van der Waals surface area contributed by atoms with Crippen molar-refractivity contribution in [3.8, 4) is 0 Å². The normalized spacial score (nSPS) is 18.8. The number of amides is 1. The second kappa shape index (κ2) is 6.46. The molecule has 1 amide bonds. The van der Waals surface area contributed by atoms with Crippen molar-refractivity contribution in [2.45, 2.75) is 33.0 Å². The molecule has 0 fully saturated rings. The Hall–Kier alpha value is -1.92. The predicted molar refractivity (Wildman–Crippen MR) is 80.5 cm³/mol. The van der Waals surface area contributed by atoms with Crippen LogP contribution >= 0.6 is 0 Å². The third-order valence-corrected chi connectivity index (χ3v) is 3.64. The van der Waals surface area contributed by atoms with Crippen molar-refractivity contribution < 1.29 is 24.5 Å². The number of para-hydroxylation sites is 1. The summed E-state index contributed by atoms with van der Waals surface area (Å²) < 4.78 is 5.50. The summed E-state index contributed by atoms with van der Waals surface area (Å²) in [6, 6.07) is 7.33. The van der Waals surface area contributed by atoms with Crippen LogP contribution < -0.4 is 4.90 Å². The van der Waals surface area contributed by atoms with Crippen LogP contribution in [0.1, 0.15) is 25.8 Å². The Bertz CT molecular complexity index is 569. The maximum atomic E-state index is 12.7. The quantitative estimate of drug-likeness (QED) is 0.859. The SMILES string of the molecule is CC(C)(CO)CN1C(=O)C(CC(=O)O)OCc2ccccc21. The van der Waals surface area contributed by atoms with E-state index in [1.807, 2.05) is 38.1 Å². The van der Waals surface area contributed by atoms with Gasteiger partial charge in [0.25, 0.3) is 5.91 Å². The highest BCUT2D eigenvalue weighted by Gasteiger charge is 2.35. The number of carbonyl (C=O) groups excluding carboxylic acids is 1. The number of carboxylic acid groups (broad SMARTS) is 1. The third kappa shape index (κ3) is 3.64. The monoisotopic (exact) mass is 307 g/mol. The van der Waals surface area contributed by atoms with E-state index in [1.165, 1.54) is 4.90 Å². The molecule has 0 aromatic heterocycles. The van der Waals surface area contributed by atoms with E-state index < -0.39 is 17.5 Å². The molecule has 1 aromatic carbocycles. The van der Waals surface area contributed by atoms with Crippen LogP contribution in [0.5, 0.6) is 0 Å². The van der Waals surface area contributed by atoms with Crippen molar-refractivity contribution in [2.75, 3.05) is 18.1 Å². The second-order valence-corrected chi connectivity index (χ2v) is 6.27. The molecule has 0 aliphatic carbocycles. The molecule has 120 valence electrons.